The summed E-state index contributed by atoms with van der Waals surface area (Å²) in [4.78, 5) is 31.2. The molecule has 22 heteroatoms. The number of hydrogen-bond acceptors (Lipinski definition) is 13. The van der Waals surface area contributed by atoms with Gasteiger partial charge in [0.05, 0.1) is 15.9 Å². The van der Waals surface area contributed by atoms with Crippen molar-refractivity contribution in [3.05, 3.63) is 86.6 Å². The van der Waals surface area contributed by atoms with Crippen molar-refractivity contribution in [3.63, 3.8) is 0 Å². The molecule has 0 unspecified atom stereocenters. The predicted molar refractivity (Wildman–Crippen MR) is 159 cm³/mol. The van der Waals surface area contributed by atoms with Gasteiger partial charge in [0.15, 0.2) is 11.5 Å². The maximum atomic E-state index is 13.6. The maximum absolute atomic E-state index is 13.6. The Bertz CT molecular complexity index is 2220. The molecule has 0 atom stereocenters. The van der Waals surface area contributed by atoms with Gasteiger partial charge in [0, 0.05) is 23.5 Å². The van der Waals surface area contributed by atoms with Crippen LogP contribution < -0.4 is 50.9 Å². The van der Waals surface area contributed by atoms with Crippen molar-refractivity contribution < 1.29 is 74.2 Å². The second-order valence-corrected chi connectivity index (χ2v) is 12.6. The summed E-state index contributed by atoms with van der Waals surface area (Å²) >= 11 is 5.74. The number of nitrogens with one attached hydrogen (secondary N) is 2. The first-order valence-corrected chi connectivity index (χ1v) is 16.3. The molecule has 0 aliphatic rings. The van der Waals surface area contributed by atoms with Gasteiger partial charge < -0.3 is 24.9 Å². The Morgan fingerprint density at radius 3 is 2.27 bits per heavy atom. The van der Waals surface area contributed by atoms with E-state index in [1.807, 2.05) is 0 Å². The number of benzene rings is 2. The minimum atomic E-state index is -4.96. The van der Waals surface area contributed by atoms with Crippen LogP contribution in [0.3, 0.4) is 0 Å². The number of nitrogens with zero attached hydrogens (tertiary/aromatic N) is 5. The number of halogens is 3. The second kappa shape index (κ2) is 15.1. The van der Waals surface area contributed by atoms with Crippen LogP contribution in [0.15, 0.2) is 62.4 Å². The van der Waals surface area contributed by atoms with Crippen molar-refractivity contribution in [2.24, 2.45) is 10.2 Å². The Labute approximate surface area is 297 Å². The average Bonchev–Trinajstić information content (AvgIpc) is 2.97. The van der Waals surface area contributed by atoms with Crippen molar-refractivity contribution in [2.75, 3.05) is 10.6 Å². The van der Waals surface area contributed by atoms with E-state index < -0.39 is 82.2 Å². The number of azo groups is 1. The normalized spacial score (nSPS) is 11.7. The van der Waals surface area contributed by atoms with Crippen LogP contribution in [0.5, 0.6) is 5.88 Å². The number of carbonyl (C=O) groups excluding carboxylic acids is 1. The SMILES string of the molecule is CCn1c([O-])c(CS(=O)(=O)[O-])c(C)c(N=Nc2cc(NC(=O)c3ccc(Nc4nc(F)nc(F)c4Cl)cc3)ccc2S(=O)(=O)O)c1=O.[Na+]. The van der Waals surface area contributed by atoms with E-state index in [4.69, 9.17) is 11.6 Å². The molecule has 0 radical (unpaired) electrons. The summed E-state index contributed by atoms with van der Waals surface area (Å²) in [6.07, 6.45) is -1.36. The average molecular weight is 735 g/mol. The Morgan fingerprint density at radius 2 is 1.69 bits per heavy atom. The molecule has 248 valence electrons. The molecule has 0 spiro atoms. The van der Waals surface area contributed by atoms with Gasteiger partial charge in [-0.2, -0.15) is 27.2 Å². The van der Waals surface area contributed by atoms with Gasteiger partial charge in [0.1, 0.15) is 15.6 Å². The molecule has 48 heavy (non-hydrogen) atoms. The van der Waals surface area contributed by atoms with Gasteiger partial charge in [-0.25, -0.2) is 8.42 Å². The molecule has 4 aromatic rings. The Kier molecular flexibility index (Phi) is 12.1. The van der Waals surface area contributed by atoms with E-state index >= 15 is 0 Å². The molecular formula is C26H20ClF2N7NaO9S2-. The number of hydrogen-bond donors (Lipinski definition) is 3. The summed E-state index contributed by atoms with van der Waals surface area (Å²) in [5.41, 5.74) is -2.77. The number of pyridine rings is 1. The first-order chi connectivity index (χ1) is 21.9. The van der Waals surface area contributed by atoms with Gasteiger partial charge >= 0.3 is 35.6 Å². The molecule has 0 aliphatic heterocycles. The third kappa shape index (κ3) is 8.96. The zero-order valence-electron chi connectivity index (χ0n) is 24.9. The number of aromatic nitrogens is 3. The summed E-state index contributed by atoms with van der Waals surface area (Å²) in [5.74, 6) is -4.66. The minimum absolute atomic E-state index is 0. The van der Waals surface area contributed by atoms with Gasteiger partial charge in [-0.15, -0.1) is 10.2 Å². The molecule has 0 saturated carbocycles. The van der Waals surface area contributed by atoms with E-state index in [1.54, 1.807) is 0 Å². The van der Waals surface area contributed by atoms with Crippen molar-refractivity contribution in [1.29, 1.82) is 0 Å². The molecule has 0 saturated heterocycles. The van der Waals surface area contributed by atoms with Gasteiger partial charge in [0.25, 0.3) is 21.6 Å². The summed E-state index contributed by atoms with van der Waals surface area (Å²) in [6.45, 7) is 2.32. The van der Waals surface area contributed by atoms with Gasteiger partial charge in [-0.05, 0) is 73.3 Å². The van der Waals surface area contributed by atoms with Crippen molar-refractivity contribution in [2.45, 2.75) is 31.0 Å². The molecule has 4 rings (SSSR count). The molecule has 2 heterocycles. The van der Waals surface area contributed by atoms with E-state index in [9.17, 15) is 49.4 Å². The molecular weight excluding hydrogens is 715 g/mol. The van der Waals surface area contributed by atoms with Crippen molar-refractivity contribution in [3.8, 4) is 5.88 Å². The van der Waals surface area contributed by atoms with Crippen LogP contribution in [0.1, 0.15) is 28.4 Å². The number of anilines is 3. The molecule has 0 fully saturated rings. The van der Waals surface area contributed by atoms with Crippen LogP contribution >= 0.6 is 11.6 Å². The second-order valence-electron chi connectivity index (χ2n) is 9.47. The molecule has 0 bridgehead atoms. The third-order valence-corrected chi connectivity index (χ3v) is 8.22. The smallest absolute Gasteiger partial charge is 0.860 e. The van der Waals surface area contributed by atoms with Crippen LogP contribution in [0.2, 0.25) is 5.02 Å². The third-order valence-electron chi connectivity index (χ3n) is 6.34. The zero-order chi connectivity index (χ0) is 34.8. The summed E-state index contributed by atoms with van der Waals surface area (Å²) in [6, 6.07) is 8.31. The fourth-order valence-electron chi connectivity index (χ4n) is 4.12. The summed E-state index contributed by atoms with van der Waals surface area (Å²) in [5, 5.41) is 24.5. The first-order valence-electron chi connectivity index (χ1n) is 12.9. The largest absolute Gasteiger partial charge is 1.00 e. The monoisotopic (exact) mass is 734 g/mol. The number of amides is 1. The standard InChI is InChI=1S/C26H22ClF2N7O9S2.Na/c1-3-36-24(38)16(11-46(40,41)42)12(2)20(25(36)39)35-34-17-10-15(8-9-18(17)47(43,44)45)31-23(37)13-4-6-14(7-5-13)30-22-19(27)21(28)32-26(29)33-22;/h4-10,38H,3,11H2,1-2H3,(H,31,37)(H,30,32,33)(H,40,41,42)(H,43,44,45);/q;+1/p-2. The number of carbonyl (C=O) groups is 1. The van der Waals surface area contributed by atoms with Crippen LogP contribution in [0, 0.1) is 18.9 Å². The topological polar surface area (TPSA) is 248 Å². The minimum Gasteiger partial charge on any atom is -0.860 e. The summed E-state index contributed by atoms with van der Waals surface area (Å²) in [7, 11) is -9.90. The van der Waals surface area contributed by atoms with E-state index in [1.165, 1.54) is 31.2 Å². The van der Waals surface area contributed by atoms with Gasteiger partial charge in [-0.1, -0.05) is 11.6 Å². The Balaban J connectivity index is 0.00000625. The van der Waals surface area contributed by atoms with Gasteiger partial charge in [0.2, 0.25) is 5.95 Å². The molecule has 0 aliphatic carbocycles. The van der Waals surface area contributed by atoms with Crippen LogP contribution in [-0.2, 0) is 32.5 Å². The number of rotatable bonds is 10. The molecule has 2 aromatic carbocycles. The van der Waals surface area contributed by atoms with E-state index in [-0.39, 0.29) is 64.4 Å². The van der Waals surface area contributed by atoms with E-state index in [0.29, 0.717) is 4.57 Å². The van der Waals surface area contributed by atoms with E-state index in [0.717, 1.165) is 25.1 Å². The van der Waals surface area contributed by atoms with Crippen molar-refractivity contribution in [1.82, 2.24) is 14.5 Å². The van der Waals surface area contributed by atoms with Crippen molar-refractivity contribution >= 4 is 66.3 Å². The Hall–Kier alpha value is -3.89. The molecule has 16 nitrogen and oxygen atoms in total. The summed E-state index contributed by atoms with van der Waals surface area (Å²) < 4.78 is 95.5. The quantitative estimate of drug-likeness (QED) is 0.0669. The molecule has 3 N–H and O–H groups in total. The van der Waals surface area contributed by atoms with Crippen LogP contribution in [-0.4, -0.2) is 46.4 Å². The maximum Gasteiger partial charge on any atom is 1.00 e. The predicted octanol–water partition coefficient (Wildman–Crippen LogP) is 0.679. The fourth-order valence-corrected chi connectivity index (χ4v) is 5.54. The first kappa shape index (κ1) is 38.6. The molecule has 2 aromatic heterocycles. The van der Waals surface area contributed by atoms with Crippen LogP contribution in [0.25, 0.3) is 0 Å². The zero-order valence-corrected chi connectivity index (χ0v) is 29.2. The molecule has 1 amide bonds. The van der Waals surface area contributed by atoms with E-state index in [2.05, 4.69) is 30.8 Å². The Morgan fingerprint density at radius 1 is 1.06 bits per heavy atom. The van der Waals surface area contributed by atoms with Gasteiger partial charge in [-0.3, -0.25) is 14.1 Å². The van der Waals surface area contributed by atoms with Crippen LogP contribution in [0.4, 0.5) is 37.3 Å². The fraction of sp³-hybridized carbons (Fsp3) is 0.154.